The van der Waals surface area contributed by atoms with Crippen molar-refractivity contribution in [2.24, 2.45) is 5.73 Å². The molecule has 0 amide bonds. The molecule has 1 heterocycles. The first-order valence-electron chi connectivity index (χ1n) is 3.64. The number of nitrogens with two attached hydrogens (primary N) is 1. The third-order valence-corrected chi connectivity index (χ3v) is 1.96. The van der Waals surface area contributed by atoms with E-state index in [1.807, 2.05) is 0 Å². The summed E-state index contributed by atoms with van der Waals surface area (Å²) in [4.78, 5) is 0. The van der Waals surface area contributed by atoms with Gasteiger partial charge in [0.15, 0.2) is 6.29 Å². The molecule has 5 atom stereocenters. The fraction of sp³-hybridized carbons (Fsp3) is 1.00. The molecule has 1 aliphatic heterocycles. The Morgan fingerprint density at radius 2 is 1.75 bits per heavy atom. The first kappa shape index (κ1) is 9.85. The van der Waals surface area contributed by atoms with Crippen molar-refractivity contribution < 1.29 is 25.2 Å². The number of ether oxygens (including phenoxy) is 1. The molecule has 0 radical (unpaired) electrons. The number of hydrogen-bond acceptors (Lipinski definition) is 6. The molecule has 72 valence electrons. The van der Waals surface area contributed by atoms with Gasteiger partial charge in [-0.25, -0.2) is 0 Å². The van der Waals surface area contributed by atoms with E-state index < -0.39 is 37.3 Å². The molecule has 0 spiro atoms. The van der Waals surface area contributed by atoms with Crippen molar-refractivity contribution >= 4 is 0 Å². The summed E-state index contributed by atoms with van der Waals surface area (Å²) in [5, 5.41) is 36.0. The molecule has 0 saturated carbocycles. The third-order valence-electron chi connectivity index (χ3n) is 1.96. The highest BCUT2D eigenvalue weighted by atomic mass is 16.6. The molecular formula is C6H13NO5. The van der Waals surface area contributed by atoms with E-state index in [9.17, 15) is 5.11 Å². The summed E-state index contributed by atoms with van der Waals surface area (Å²) in [6.07, 6.45) is -4.85. The van der Waals surface area contributed by atoms with Crippen molar-refractivity contribution in [3.63, 3.8) is 0 Å². The first-order valence-corrected chi connectivity index (χ1v) is 3.64. The normalized spacial score (nSPS) is 49.2. The van der Waals surface area contributed by atoms with Gasteiger partial charge >= 0.3 is 0 Å². The van der Waals surface area contributed by atoms with Crippen molar-refractivity contribution in [3.8, 4) is 0 Å². The Kier molecular flexibility index (Phi) is 2.99. The van der Waals surface area contributed by atoms with Crippen LogP contribution in [0.4, 0.5) is 0 Å². The largest absolute Gasteiger partial charge is 0.394 e. The van der Waals surface area contributed by atoms with Gasteiger partial charge in [-0.05, 0) is 0 Å². The monoisotopic (exact) mass is 179 g/mol. The van der Waals surface area contributed by atoms with Gasteiger partial charge in [-0.15, -0.1) is 0 Å². The van der Waals surface area contributed by atoms with Crippen LogP contribution in [0.3, 0.4) is 0 Å². The molecule has 6 nitrogen and oxygen atoms in total. The van der Waals surface area contributed by atoms with E-state index in [-0.39, 0.29) is 0 Å². The van der Waals surface area contributed by atoms with E-state index in [0.29, 0.717) is 0 Å². The van der Waals surface area contributed by atoms with E-state index in [1.165, 1.54) is 0 Å². The van der Waals surface area contributed by atoms with Gasteiger partial charge in [-0.3, -0.25) is 0 Å². The summed E-state index contributed by atoms with van der Waals surface area (Å²) in [6, 6.07) is -0.995. The molecule has 0 aromatic heterocycles. The molecular weight excluding hydrogens is 166 g/mol. The van der Waals surface area contributed by atoms with Crippen molar-refractivity contribution in [3.05, 3.63) is 0 Å². The maximum Gasteiger partial charge on any atom is 0.183 e. The highest BCUT2D eigenvalue weighted by Crippen LogP contribution is 2.17. The van der Waals surface area contributed by atoms with Crippen LogP contribution in [0.1, 0.15) is 0 Å². The lowest BCUT2D eigenvalue weighted by Crippen LogP contribution is -2.62. The minimum atomic E-state index is -1.44. The number of hydrogen-bond donors (Lipinski definition) is 5. The Bertz CT molecular complexity index is 150. The van der Waals surface area contributed by atoms with E-state index in [0.717, 1.165) is 0 Å². The Hall–Kier alpha value is -0.240. The SMILES string of the molecule is N[C@@H]1[C@@H](O)[C@H](CO)O[C@H](O)[C@@H]1O. The lowest BCUT2D eigenvalue weighted by atomic mass is 9.97. The molecule has 0 aliphatic carbocycles. The van der Waals surface area contributed by atoms with Gasteiger partial charge in [-0.2, -0.15) is 0 Å². The fourth-order valence-corrected chi connectivity index (χ4v) is 1.13. The lowest BCUT2D eigenvalue weighted by molar-refractivity contribution is -0.258. The van der Waals surface area contributed by atoms with Crippen LogP contribution in [0.5, 0.6) is 0 Å². The maximum atomic E-state index is 9.24. The van der Waals surface area contributed by atoms with Crippen LogP contribution in [-0.2, 0) is 4.74 Å². The molecule has 6 N–H and O–H groups in total. The van der Waals surface area contributed by atoms with Crippen LogP contribution in [0.15, 0.2) is 0 Å². The molecule has 0 aromatic carbocycles. The second-order valence-electron chi connectivity index (χ2n) is 2.81. The molecule has 1 aliphatic rings. The van der Waals surface area contributed by atoms with Crippen LogP contribution in [-0.4, -0.2) is 57.7 Å². The summed E-state index contributed by atoms with van der Waals surface area (Å²) in [7, 11) is 0. The van der Waals surface area contributed by atoms with Crippen LogP contribution < -0.4 is 5.73 Å². The van der Waals surface area contributed by atoms with Gasteiger partial charge in [0.05, 0.1) is 12.6 Å². The zero-order valence-electron chi connectivity index (χ0n) is 6.37. The first-order chi connectivity index (χ1) is 5.57. The van der Waals surface area contributed by atoms with Gasteiger partial charge in [0.1, 0.15) is 18.3 Å². The predicted octanol–water partition coefficient (Wildman–Crippen LogP) is -3.25. The lowest BCUT2D eigenvalue weighted by Gasteiger charge is -2.38. The third kappa shape index (κ3) is 1.58. The van der Waals surface area contributed by atoms with Gasteiger partial charge in [0.2, 0.25) is 0 Å². The zero-order valence-corrected chi connectivity index (χ0v) is 6.37. The second kappa shape index (κ2) is 3.65. The van der Waals surface area contributed by atoms with Crippen LogP contribution >= 0.6 is 0 Å². The minimum Gasteiger partial charge on any atom is -0.394 e. The second-order valence-corrected chi connectivity index (χ2v) is 2.81. The van der Waals surface area contributed by atoms with Crippen LogP contribution in [0, 0.1) is 0 Å². The highest BCUT2D eigenvalue weighted by molar-refractivity contribution is 4.90. The number of rotatable bonds is 1. The van der Waals surface area contributed by atoms with Gasteiger partial charge in [-0.1, -0.05) is 0 Å². The zero-order chi connectivity index (χ0) is 9.30. The topological polar surface area (TPSA) is 116 Å². The number of aliphatic hydroxyl groups excluding tert-OH is 4. The average Bonchev–Trinajstić information content (AvgIpc) is 2.08. The van der Waals surface area contributed by atoms with Crippen LogP contribution in [0.25, 0.3) is 0 Å². The minimum absolute atomic E-state index is 0.446. The predicted molar refractivity (Wildman–Crippen MR) is 38.0 cm³/mol. The Morgan fingerprint density at radius 3 is 2.25 bits per heavy atom. The quantitative estimate of drug-likeness (QED) is 0.288. The van der Waals surface area contributed by atoms with Crippen molar-refractivity contribution in [1.29, 1.82) is 0 Å². The summed E-state index contributed by atoms with van der Waals surface area (Å²) < 4.78 is 4.66. The fourth-order valence-electron chi connectivity index (χ4n) is 1.13. The van der Waals surface area contributed by atoms with Gasteiger partial charge < -0.3 is 30.9 Å². The maximum absolute atomic E-state index is 9.24. The smallest absolute Gasteiger partial charge is 0.183 e. The molecule has 1 saturated heterocycles. The Labute approximate surface area is 69.2 Å². The standard InChI is InChI=1S/C6H13NO5/c7-3-4(9)2(1-8)12-6(11)5(3)10/h2-6,8-11H,1,7H2/t2-,3+,4-,5+,6-/m0/s1. The van der Waals surface area contributed by atoms with E-state index >= 15 is 0 Å². The molecule has 0 unspecified atom stereocenters. The van der Waals surface area contributed by atoms with Crippen molar-refractivity contribution in [2.75, 3.05) is 6.61 Å². The van der Waals surface area contributed by atoms with Crippen molar-refractivity contribution in [1.82, 2.24) is 0 Å². The molecule has 12 heavy (non-hydrogen) atoms. The Morgan fingerprint density at radius 1 is 1.17 bits per heavy atom. The van der Waals surface area contributed by atoms with Gasteiger partial charge in [0.25, 0.3) is 0 Å². The average molecular weight is 179 g/mol. The summed E-state index contributed by atoms with van der Waals surface area (Å²) >= 11 is 0. The van der Waals surface area contributed by atoms with Crippen molar-refractivity contribution in [2.45, 2.75) is 30.6 Å². The summed E-state index contributed by atoms with van der Waals surface area (Å²) in [5.41, 5.74) is 5.33. The molecule has 1 rings (SSSR count). The van der Waals surface area contributed by atoms with E-state index in [4.69, 9.17) is 21.1 Å². The molecule has 0 bridgehead atoms. The molecule has 1 fully saturated rings. The Balaban J connectivity index is 2.63. The highest BCUT2D eigenvalue weighted by Gasteiger charge is 2.41. The number of aliphatic hydroxyl groups is 4. The van der Waals surface area contributed by atoms with Crippen LogP contribution in [0.2, 0.25) is 0 Å². The van der Waals surface area contributed by atoms with Gasteiger partial charge in [0, 0.05) is 0 Å². The van der Waals surface area contributed by atoms with E-state index in [2.05, 4.69) is 4.74 Å². The summed E-state index contributed by atoms with van der Waals surface area (Å²) in [5.74, 6) is 0. The van der Waals surface area contributed by atoms with E-state index in [1.54, 1.807) is 0 Å². The molecule has 0 aromatic rings. The summed E-state index contributed by atoms with van der Waals surface area (Å²) in [6.45, 7) is -0.446. The molecule has 6 heteroatoms.